The number of rotatable bonds is 2. The lowest BCUT2D eigenvalue weighted by Gasteiger charge is -2.18. The van der Waals surface area contributed by atoms with E-state index in [-0.39, 0.29) is 11.3 Å². The van der Waals surface area contributed by atoms with Crippen molar-refractivity contribution in [2.75, 3.05) is 0 Å². The van der Waals surface area contributed by atoms with Crippen LogP contribution in [0.25, 0.3) is 0 Å². The molecule has 2 nitrogen and oxygen atoms in total. The van der Waals surface area contributed by atoms with E-state index in [9.17, 15) is 13.3 Å². The van der Waals surface area contributed by atoms with Gasteiger partial charge in [0.1, 0.15) is 16.1 Å². The average molecular weight is 385 g/mol. The van der Waals surface area contributed by atoms with Gasteiger partial charge in [0.05, 0.1) is 5.71 Å². The Labute approximate surface area is 122 Å². The first kappa shape index (κ1) is 15.8. The smallest absolute Gasteiger partial charge is 0.168 e. The van der Waals surface area contributed by atoms with Crippen LogP contribution in [-0.2, 0) is 11.4 Å². The minimum Gasteiger partial charge on any atom is -0.591 e. The van der Waals surface area contributed by atoms with Gasteiger partial charge in [0.2, 0.25) is 0 Å². The summed E-state index contributed by atoms with van der Waals surface area (Å²) in [6.45, 7) is 6.83. The van der Waals surface area contributed by atoms with E-state index in [1.54, 1.807) is 20.8 Å². The van der Waals surface area contributed by atoms with Gasteiger partial charge >= 0.3 is 0 Å². The molecule has 0 heterocycles. The molecule has 0 saturated heterocycles. The van der Waals surface area contributed by atoms with Crippen LogP contribution in [0.4, 0.5) is 8.78 Å². The second-order valence-corrected chi connectivity index (χ2v) is 7.94. The maximum Gasteiger partial charge on any atom is 0.168 e. The highest BCUT2D eigenvalue weighted by Crippen LogP contribution is 2.21. The summed E-state index contributed by atoms with van der Waals surface area (Å²) in [4.78, 5) is 0. The first-order valence-corrected chi connectivity index (χ1v) is 7.43. The largest absolute Gasteiger partial charge is 0.591 e. The molecule has 0 aliphatic heterocycles. The van der Waals surface area contributed by atoms with Gasteiger partial charge in [0, 0.05) is 9.13 Å². The van der Waals surface area contributed by atoms with E-state index in [1.165, 1.54) is 13.0 Å². The van der Waals surface area contributed by atoms with Crippen LogP contribution in [0.2, 0.25) is 0 Å². The first-order chi connectivity index (χ1) is 8.12. The first-order valence-electron chi connectivity index (χ1n) is 5.25. The molecule has 18 heavy (non-hydrogen) atoms. The summed E-state index contributed by atoms with van der Waals surface area (Å²) in [5, 5.41) is 0. The zero-order valence-corrected chi connectivity index (χ0v) is 13.5. The summed E-state index contributed by atoms with van der Waals surface area (Å²) in [5.41, 5.74) is 0.287. The molecular formula is C12H14F2INOS. The van der Waals surface area contributed by atoms with Crippen molar-refractivity contribution in [1.29, 1.82) is 0 Å². The standard InChI is InChI=1S/C12H14F2INOS/c1-7(16-18(17)12(2,3)4)9-5-8(15)6-10(13)11(9)14/h5-6H,1-4H3. The van der Waals surface area contributed by atoms with E-state index in [1.807, 2.05) is 22.6 Å². The van der Waals surface area contributed by atoms with E-state index in [0.29, 0.717) is 3.57 Å². The third-order valence-corrected chi connectivity index (χ3v) is 4.24. The summed E-state index contributed by atoms with van der Waals surface area (Å²) in [7, 11) is 0. The fraction of sp³-hybridized carbons (Fsp3) is 0.417. The van der Waals surface area contributed by atoms with E-state index >= 15 is 0 Å². The molecule has 0 saturated carbocycles. The van der Waals surface area contributed by atoms with Gasteiger partial charge in [-0.1, -0.05) is 4.40 Å². The SMILES string of the molecule is CC(=N[S+]([O-])C(C)(C)C)c1cc(I)cc(F)c1F. The molecule has 0 bridgehead atoms. The Kier molecular flexibility index (Phi) is 5.13. The van der Waals surface area contributed by atoms with Gasteiger partial charge < -0.3 is 4.55 Å². The van der Waals surface area contributed by atoms with Crippen LogP contribution in [-0.4, -0.2) is 15.0 Å². The van der Waals surface area contributed by atoms with Crippen molar-refractivity contribution in [3.05, 3.63) is 32.9 Å². The normalized spacial score (nSPS) is 14.8. The molecule has 6 heteroatoms. The van der Waals surface area contributed by atoms with E-state index in [0.717, 1.165) is 6.07 Å². The predicted octanol–water partition coefficient (Wildman–Crippen LogP) is 3.84. The lowest BCUT2D eigenvalue weighted by Crippen LogP contribution is -2.26. The lowest BCUT2D eigenvalue weighted by molar-refractivity contribution is 0.506. The van der Waals surface area contributed by atoms with Crippen LogP contribution in [0.1, 0.15) is 33.3 Å². The third kappa shape index (κ3) is 3.89. The highest BCUT2D eigenvalue weighted by molar-refractivity contribution is 14.1. The van der Waals surface area contributed by atoms with Crippen LogP contribution in [0.5, 0.6) is 0 Å². The van der Waals surface area contributed by atoms with Gasteiger partial charge in [-0.25, -0.2) is 8.78 Å². The van der Waals surface area contributed by atoms with Gasteiger partial charge in [0.25, 0.3) is 0 Å². The monoisotopic (exact) mass is 385 g/mol. The zero-order valence-electron chi connectivity index (χ0n) is 10.6. The summed E-state index contributed by atoms with van der Waals surface area (Å²) in [6, 6.07) is 2.59. The Balaban J connectivity index is 3.19. The van der Waals surface area contributed by atoms with Crippen LogP contribution >= 0.6 is 22.6 Å². The van der Waals surface area contributed by atoms with Crippen molar-refractivity contribution < 1.29 is 13.3 Å². The highest BCUT2D eigenvalue weighted by Gasteiger charge is 2.27. The molecule has 0 fully saturated rings. The van der Waals surface area contributed by atoms with Crippen molar-refractivity contribution in [1.82, 2.24) is 0 Å². The molecule has 0 spiro atoms. The van der Waals surface area contributed by atoms with Crippen molar-refractivity contribution in [2.45, 2.75) is 32.4 Å². The molecule has 1 aromatic rings. The van der Waals surface area contributed by atoms with Gasteiger partial charge in [-0.05, 0) is 62.4 Å². The molecule has 0 aromatic heterocycles. The van der Waals surface area contributed by atoms with Crippen molar-refractivity contribution in [2.24, 2.45) is 4.40 Å². The van der Waals surface area contributed by atoms with Gasteiger partial charge in [0.15, 0.2) is 11.6 Å². The molecule has 0 N–H and O–H groups in total. The zero-order chi connectivity index (χ0) is 14.1. The number of halogens is 3. The van der Waals surface area contributed by atoms with Gasteiger partial charge in [-0.2, -0.15) is 0 Å². The summed E-state index contributed by atoms with van der Waals surface area (Å²) < 4.78 is 42.7. The fourth-order valence-electron chi connectivity index (χ4n) is 1.13. The fourth-order valence-corrected chi connectivity index (χ4v) is 2.34. The second-order valence-electron chi connectivity index (χ2n) is 4.79. The molecule has 100 valence electrons. The van der Waals surface area contributed by atoms with Gasteiger partial charge in [-0.3, -0.25) is 0 Å². The predicted molar refractivity (Wildman–Crippen MR) is 79.2 cm³/mol. The molecule has 1 rings (SSSR count). The van der Waals surface area contributed by atoms with Crippen LogP contribution in [0.15, 0.2) is 16.5 Å². The van der Waals surface area contributed by atoms with Crippen LogP contribution < -0.4 is 0 Å². The second kappa shape index (κ2) is 5.83. The number of hydrogen-bond acceptors (Lipinski definition) is 2. The molecule has 0 aliphatic carbocycles. The minimum absolute atomic E-state index is 0.0528. The summed E-state index contributed by atoms with van der Waals surface area (Å²) in [6.07, 6.45) is 0. The van der Waals surface area contributed by atoms with Crippen LogP contribution in [0.3, 0.4) is 0 Å². The number of nitrogens with zero attached hydrogens (tertiary/aromatic N) is 1. The molecule has 0 aliphatic rings. The Morgan fingerprint density at radius 1 is 1.33 bits per heavy atom. The average Bonchev–Trinajstić information content (AvgIpc) is 2.21. The Bertz CT molecular complexity index is 486. The molecule has 1 aromatic carbocycles. The molecular weight excluding hydrogens is 371 g/mol. The maximum atomic E-state index is 13.6. The lowest BCUT2D eigenvalue weighted by atomic mass is 10.1. The maximum absolute atomic E-state index is 13.6. The summed E-state index contributed by atoms with van der Waals surface area (Å²) >= 11 is 0.400. The minimum atomic E-state index is -1.49. The Morgan fingerprint density at radius 3 is 2.39 bits per heavy atom. The van der Waals surface area contributed by atoms with Crippen LogP contribution in [0, 0.1) is 15.2 Å². The third-order valence-electron chi connectivity index (χ3n) is 2.13. The topological polar surface area (TPSA) is 35.4 Å². The molecule has 0 radical (unpaired) electrons. The van der Waals surface area contributed by atoms with Gasteiger partial charge in [-0.15, -0.1) is 0 Å². The van der Waals surface area contributed by atoms with E-state index in [2.05, 4.69) is 4.40 Å². The number of benzene rings is 1. The molecule has 1 atom stereocenters. The quantitative estimate of drug-likeness (QED) is 0.330. The highest BCUT2D eigenvalue weighted by atomic mass is 127. The summed E-state index contributed by atoms with van der Waals surface area (Å²) in [5.74, 6) is -1.88. The Morgan fingerprint density at radius 2 is 1.89 bits per heavy atom. The van der Waals surface area contributed by atoms with Crippen molar-refractivity contribution >= 4 is 39.7 Å². The Hall–Kier alpha value is -0.210. The molecule has 0 amide bonds. The van der Waals surface area contributed by atoms with Crippen molar-refractivity contribution in [3.8, 4) is 0 Å². The van der Waals surface area contributed by atoms with E-state index in [4.69, 9.17) is 0 Å². The molecule has 1 unspecified atom stereocenters. The number of hydrogen-bond donors (Lipinski definition) is 0. The van der Waals surface area contributed by atoms with Crippen molar-refractivity contribution in [3.63, 3.8) is 0 Å². The van der Waals surface area contributed by atoms with E-state index < -0.39 is 27.7 Å².